The minimum atomic E-state index is -0.391. The summed E-state index contributed by atoms with van der Waals surface area (Å²) in [7, 11) is 1.69. The van der Waals surface area contributed by atoms with Crippen molar-refractivity contribution in [2.45, 2.75) is 19.4 Å². The minimum Gasteiger partial charge on any atom is -0.364 e. The van der Waals surface area contributed by atoms with Crippen molar-refractivity contribution >= 4 is 17.5 Å². The SMILES string of the molecule is CN(C(=O)c1ccon1)C(C)(C)CCl. The molecule has 0 unspecified atom stereocenters. The molecule has 0 radical (unpaired) electrons. The van der Waals surface area contributed by atoms with Crippen LogP contribution >= 0.6 is 11.6 Å². The molecule has 0 aliphatic rings. The smallest absolute Gasteiger partial charge is 0.276 e. The predicted octanol–water partition coefficient (Wildman–Crippen LogP) is 1.76. The van der Waals surface area contributed by atoms with E-state index in [9.17, 15) is 4.79 Å². The summed E-state index contributed by atoms with van der Waals surface area (Å²) >= 11 is 5.76. The Morgan fingerprint density at radius 3 is 2.79 bits per heavy atom. The van der Waals surface area contributed by atoms with Crippen molar-refractivity contribution in [3.05, 3.63) is 18.0 Å². The molecular weight excluding hydrogens is 204 g/mol. The zero-order valence-corrected chi connectivity index (χ0v) is 9.21. The summed E-state index contributed by atoms with van der Waals surface area (Å²) in [4.78, 5) is 13.3. The molecule has 0 N–H and O–H groups in total. The molecule has 0 saturated carbocycles. The second-order valence-corrected chi connectivity index (χ2v) is 3.96. The van der Waals surface area contributed by atoms with Gasteiger partial charge in [-0.2, -0.15) is 0 Å². The van der Waals surface area contributed by atoms with Crippen LogP contribution in [0.25, 0.3) is 0 Å². The molecule has 1 rings (SSSR count). The maximum atomic E-state index is 11.8. The molecule has 0 spiro atoms. The third kappa shape index (κ3) is 2.07. The van der Waals surface area contributed by atoms with Gasteiger partial charge in [-0.1, -0.05) is 5.16 Å². The molecule has 1 amide bonds. The molecule has 0 aromatic carbocycles. The number of carbonyl (C=O) groups is 1. The molecule has 0 saturated heterocycles. The maximum absolute atomic E-state index is 11.8. The van der Waals surface area contributed by atoms with Crippen molar-refractivity contribution in [1.82, 2.24) is 10.1 Å². The molecule has 5 heteroatoms. The van der Waals surface area contributed by atoms with Gasteiger partial charge >= 0.3 is 0 Å². The number of halogens is 1. The predicted molar refractivity (Wildman–Crippen MR) is 53.4 cm³/mol. The lowest BCUT2D eigenvalue weighted by atomic mass is 10.1. The van der Waals surface area contributed by atoms with Gasteiger partial charge in [0.15, 0.2) is 5.69 Å². The van der Waals surface area contributed by atoms with Gasteiger partial charge < -0.3 is 9.42 Å². The van der Waals surface area contributed by atoms with Gasteiger partial charge in [0.1, 0.15) is 6.26 Å². The summed E-state index contributed by atoms with van der Waals surface area (Å²) in [6.07, 6.45) is 1.37. The van der Waals surface area contributed by atoms with E-state index in [2.05, 4.69) is 9.68 Å². The highest BCUT2D eigenvalue weighted by atomic mass is 35.5. The zero-order chi connectivity index (χ0) is 10.8. The van der Waals surface area contributed by atoms with Gasteiger partial charge in [0, 0.05) is 19.0 Å². The lowest BCUT2D eigenvalue weighted by molar-refractivity contribution is 0.0649. The van der Waals surface area contributed by atoms with E-state index in [1.807, 2.05) is 13.8 Å². The Bertz CT molecular complexity index is 309. The van der Waals surface area contributed by atoms with E-state index in [1.54, 1.807) is 11.9 Å². The van der Waals surface area contributed by atoms with Crippen molar-refractivity contribution < 1.29 is 9.32 Å². The molecule has 1 aromatic rings. The standard InChI is InChI=1S/C9H13ClN2O2/c1-9(2,6-10)12(3)8(13)7-4-5-14-11-7/h4-5H,6H2,1-3H3. The van der Waals surface area contributed by atoms with E-state index in [0.717, 1.165) is 0 Å². The summed E-state index contributed by atoms with van der Waals surface area (Å²) in [5, 5.41) is 3.58. The van der Waals surface area contributed by atoms with Gasteiger partial charge in [-0.05, 0) is 13.8 Å². The van der Waals surface area contributed by atoms with Crippen LogP contribution in [-0.2, 0) is 0 Å². The Morgan fingerprint density at radius 2 is 2.36 bits per heavy atom. The van der Waals surface area contributed by atoms with Crippen LogP contribution in [0, 0.1) is 0 Å². The number of amides is 1. The molecule has 4 nitrogen and oxygen atoms in total. The Hall–Kier alpha value is -1.03. The van der Waals surface area contributed by atoms with Crippen LogP contribution < -0.4 is 0 Å². The molecule has 0 aliphatic carbocycles. The lowest BCUT2D eigenvalue weighted by Gasteiger charge is -2.33. The Labute approximate surface area is 87.8 Å². The number of rotatable bonds is 3. The van der Waals surface area contributed by atoms with Crippen LogP contribution in [-0.4, -0.2) is 34.4 Å². The highest BCUT2D eigenvalue weighted by Gasteiger charge is 2.28. The molecule has 1 heterocycles. The molecular formula is C9H13ClN2O2. The summed E-state index contributed by atoms with van der Waals surface area (Å²) in [6, 6.07) is 1.53. The number of hydrogen-bond acceptors (Lipinski definition) is 3. The fraction of sp³-hybridized carbons (Fsp3) is 0.556. The van der Waals surface area contributed by atoms with E-state index < -0.39 is 5.54 Å². The van der Waals surface area contributed by atoms with Crippen LogP contribution in [0.2, 0.25) is 0 Å². The first kappa shape index (κ1) is 11.0. The molecule has 0 bridgehead atoms. The van der Waals surface area contributed by atoms with E-state index in [1.165, 1.54) is 12.3 Å². The largest absolute Gasteiger partial charge is 0.364 e. The lowest BCUT2D eigenvalue weighted by Crippen LogP contribution is -2.46. The quantitative estimate of drug-likeness (QED) is 0.724. The number of carbonyl (C=O) groups excluding carboxylic acids is 1. The first-order chi connectivity index (χ1) is 6.49. The Balaban J connectivity index is 2.81. The van der Waals surface area contributed by atoms with E-state index in [0.29, 0.717) is 11.6 Å². The number of nitrogens with zero attached hydrogens (tertiary/aromatic N) is 2. The zero-order valence-electron chi connectivity index (χ0n) is 8.45. The molecule has 0 aliphatic heterocycles. The first-order valence-electron chi connectivity index (χ1n) is 4.23. The highest BCUT2D eigenvalue weighted by Crippen LogP contribution is 2.16. The molecule has 14 heavy (non-hydrogen) atoms. The molecule has 0 fully saturated rings. The third-order valence-electron chi connectivity index (χ3n) is 2.20. The topological polar surface area (TPSA) is 46.3 Å². The number of hydrogen-bond donors (Lipinski definition) is 0. The Kier molecular flexibility index (Phi) is 3.16. The van der Waals surface area contributed by atoms with Crippen LogP contribution in [0.3, 0.4) is 0 Å². The van der Waals surface area contributed by atoms with Crippen LogP contribution in [0.15, 0.2) is 16.9 Å². The van der Waals surface area contributed by atoms with E-state index in [4.69, 9.17) is 11.6 Å². The Morgan fingerprint density at radius 1 is 1.71 bits per heavy atom. The minimum absolute atomic E-state index is 0.190. The maximum Gasteiger partial charge on any atom is 0.276 e. The van der Waals surface area contributed by atoms with E-state index >= 15 is 0 Å². The van der Waals surface area contributed by atoms with Gasteiger partial charge in [-0.3, -0.25) is 4.79 Å². The second kappa shape index (κ2) is 4.00. The van der Waals surface area contributed by atoms with Gasteiger partial charge in [0.2, 0.25) is 0 Å². The normalized spacial score (nSPS) is 11.4. The monoisotopic (exact) mass is 216 g/mol. The first-order valence-corrected chi connectivity index (χ1v) is 4.77. The van der Waals surface area contributed by atoms with Crippen molar-refractivity contribution in [2.24, 2.45) is 0 Å². The van der Waals surface area contributed by atoms with Gasteiger partial charge in [-0.25, -0.2) is 0 Å². The van der Waals surface area contributed by atoms with Crippen LogP contribution in [0.1, 0.15) is 24.3 Å². The van der Waals surface area contributed by atoms with Gasteiger partial charge in [-0.15, -0.1) is 11.6 Å². The van der Waals surface area contributed by atoms with Crippen molar-refractivity contribution in [3.8, 4) is 0 Å². The van der Waals surface area contributed by atoms with Crippen molar-refractivity contribution in [2.75, 3.05) is 12.9 Å². The van der Waals surface area contributed by atoms with Crippen LogP contribution in [0.4, 0.5) is 0 Å². The summed E-state index contributed by atoms with van der Waals surface area (Å²) in [6.45, 7) is 3.77. The molecule has 0 atom stereocenters. The van der Waals surface area contributed by atoms with Crippen LogP contribution in [0.5, 0.6) is 0 Å². The average Bonchev–Trinajstić information content (AvgIpc) is 2.68. The van der Waals surface area contributed by atoms with Crippen molar-refractivity contribution in [3.63, 3.8) is 0 Å². The summed E-state index contributed by atoms with van der Waals surface area (Å²) in [5.41, 5.74) is -0.0943. The molecule has 1 aromatic heterocycles. The fourth-order valence-corrected chi connectivity index (χ4v) is 1.04. The van der Waals surface area contributed by atoms with Crippen molar-refractivity contribution in [1.29, 1.82) is 0 Å². The van der Waals surface area contributed by atoms with Gasteiger partial charge in [0.05, 0.1) is 5.54 Å². The summed E-state index contributed by atoms with van der Waals surface area (Å²) < 4.78 is 4.60. The highest BCUT2D eigenvalue weighted by molar-refractivity contribution is 6.18. The number of alkyl halides is 1. The second-order valence-electron chi connectivity index (χ2n) is 3.69. The molecule has 78 valence electrons. The van der Waals surface area contributed by atoms with Gasteiger partial charge in [0.25, 0.3) is 5.91 Å². The number of aromatic nitrogens is 1. The average molecular weight is 217 g/mol. The third-order valence-corrected chi connectivity index (χ3v) is 2.85. The fourth-order valence-electron chi connectivity index (χ4n) is 0.859. The summed E-state index contributed by atoms with van der Waals surface area (Å²) in [5.74, 6) is 0.178. The van der Waals surface area contributed by atoms with E-state index in [-0.39, 0.29) is 5.91 Å².